The predicted octanol–water partition coefficient (Wildman–Crippen LogP) is 3.27. The molecule has 0 radical (unpaired) electrons. The Labute approximate surface area is 148 Å². The summed E-state index contributed by atoms with van der Waals surface area (Å²) in [6.45, 7) is 3.13. The summed E-state index contributed by atoms with van der Waals surface area (Å²) in [5.41, 5.74) is 2.97. The smallest absolute Gasteiger partial charge is 0.213 e. The van der Waals surface area contributed by atoms with Crippen LogP contribution in [0, 0.1) is 0 Å². The molecule has 0 saturated carbocycles. The van der Waals surface area contributed by atoms with Crippen LogP contribution in [0.1, 0.15) is 24.7 Å². The van der Waals surface area contributed by atoms with Gasteiger partial charge in [0.2, 0.25) is 5.88 Å². The minimum absolute atomic E-state index is 0.266. The highest BCUT2D eigenvalue weighted by molar-refractivity contribution is 5.60. The summed E-state index contributed by atoms with van der Waals surface area (Å²) in [5.74, 6) is 0.677. The number of pyridine rings is 1. The average Bonchev–Trinajstić information content (AvgIpc) is 3.32. The van der Waals surface area contributed by atoms with E-state index in [-0.39, 0.29) is 6.29 Å². The second-order valence-electron chi connectivity index (χ2n) is 6.65. The molecular weight excluding hydrogens is 316 g/mol. The second-order valence-corrected chi connectivity index (χ2v) is 6.65. The molecule has 1 aromatic carbocycles. The topological polar surface area (TPSA) is 43.8 Å². The maximum absolute atomic E-state index is 5.95. The lowest BCUT2D eigenvalue weighted by molar-refractivity contribution is -0.0440. The molecular formula is C20H24N2O3. The van der Waals surface area contributed by atoms with Crippen molar-refractivity contribution in [3.8, 4) is 17.1 Å². The van der Waals surface area contributed by atoms with Crippen LogP contribution in [0.25, 0.3) is 11.3 Å². The Hall–Kier alpha value is -1.95. The van der Waals surface area contributed by atoms with Crippen molar-refractivity contribution in [3.63, 3.8) is 0 Å². The van der Waals surface area contributed by atoms with Crippen LogP contribution in [0.3, 0.4) is 0 Å². The molecule has 25 heavy (non-hydrogen) atoms. The molecule has 132 valence electrons. The number of rotatable bonds is 5. The van der Waals surface area contributed by atoms with Crippen LogP contribution in [0.15, 0.2) is 42.5 Å². The van der Waals surface area contributed by atoms with Crippen molar-refractivity contribution in [3.05, 3.63) is 48.0 Å². The van der Waals surface area contributed by atoms with Crippen LogP contribution in [0.2, 0.25) is 0 Å². The maximum Gasteiger partial charge on any atom is 0.213 e. The highest BCUT2D eigenvalue weighted by Crippen LogP contribution is 2.28. The van der Waals surface area contributed by atoms with Gasteiger partial charge in [-0.3, -0.25) is 0 Å². The molecule has 0 amide bonds. The van der Waals surface area contributed by atoms with Crippen LogP contribution in [0.4, 0.5) is 0 Å². The molecule has 2 aliphatic heterocycles. The molecule has 1 aromatic heterocycles. The summed E-state index contributed by atoms with van der Waals surface area (Å²) >= 11 is 0. The van der Waals surface area contributed by atoms with Crippen molar-refractivity contribution in [1.82, 2.24) is 9.88 Å². The van der Waals surface area contributed by atoms with Crippen LogP contribution < -0.4 is 4.74 Å². The number of hydrogen-bond donors (Lipinski definition) is 0. The standard InChI is InChI=1S/C20H24N2O3/c1-22-10-4-7-17(22)14-25-19-9-3-8-18(21-19)15-5-2-6-16(13-15)20-23-11-12-24-20/h2-3,5-6,8-9,13,17,20H,4,7,10-12,14H2,1H3/t17-/m1/s1. The van der Waals surface area contributed by atoms with E-state index in [1.807, 2.05) is 30.3 Å². The molecule has 0 spiro atoms. The van der Waals surface area contributed by atoms with Gasteiger partial charge in [-0.05, 0) is 38.6 Å². The summed E-state index contributed by atoms with van der Waals surface area (Å²) in [6, 6.07) is 14.6. The van der Waals surface area contributed by atoms with Gasteiger partial charge in [0.05, 0.1) is 18.9 Å². The minimum atomic E-state index is -0.266. The van der Waals surface area contributed by atoms with Crippen LogP contribution in [0.5, 0.6) is 5.88 Å². The molecule has 0 unspecified atom stereocenters. The van der Waals surface area contributed by atoms with Crippen LogP contribution >= 0.6 is 0 Å². The van der Waals surface area contributed by atoms with E-state index in [9.17, 15) is 0 Å². The van der Waals surface area contributed by atoms with E-state index in [4.69, 9.17) is 14.2 Å². The molecule has 5 nitrogen and oxygen atoms in total. The third-order valence-electron chi connectivity index (χ3n) is 4.90. The molecule has 2 saturated heterocycles. The summed E-state index contributed by atoms with van der Waals surface area (Å²) in [6.07, 6.45) is 2.17. The Morgan fingerprint density at radius 2 is 2.00 bits per heavy atom. The maximum atomic E-state index is 5.95. The molecule has 0 aliphatic carbocycles. The summed E-state index contributed by atoms with van der Waals surface area (Å²) in [7, 11) is 2.16. The number of nitrogens with zero attached hydrogens (tertiary/aromatic N) is 2. The first kappa shape index (κ1) is 16.5. The van der Waals surface area contributed by atoms with Crippen molar-refractivity contribution >= 4 is 0 Å². The third kappa shape index (κ3) is 3.84. The summed E-state index contributed by atoms with van der Waals surface area (Å²) < 4.78 is 17.1. The van der Waals surface area contributed by atoms with Gasteiger partial charge in [-0.1, -0.05) is 24.3 Å². The molecule has 4 rings (SSSR count). The lowest BCUT2D eigenvalue weighted by Crippen LogP contribution is -2.30. The average molecular weight is 340 g/mol. The normalized spacial score (nSPS) is 21.7. The highest BCUT2D eigenvalue weighted by atomic mass is 16.7. The lowest BCUT2D eigenvalue weighted by Gasteiger charge is -2.19. The highest BCUT2D eigenvalue weighted by Gasteiger charge is 2.21. The van der Waals surface area contributed by atoms with Crippen LogP contribution in [-0.2, 0) is 9.47 Å². The Balaban J connectivity index is 1.48. The molecule has 0 N–H and O–H groups in total. The molecule has 5 heteroatoms. The molecule has 0 bridgehead atoms. The van der Waals surface area contributed by atoms with E-state index >= 15 is 0 Å². The van der Waals surface area contributed by atoms with E-state index in [0.717, 1.165) is 23.4 Å². The zero-order valence-electron chi connectivity index (χ0n) is 14.6. The van der Waals surface area contributed by atoms with Crippen LogP contribution in [-0.4, -0.2) is 49.3 Å². The SMILES string of the molecule is CN1CCC[C@@H]1COc1cccc(-c2cccc(C3OCCO3)c2)n1. The Kier molecular flexibility index (Phi) is 4.97. The number of aromatic nitrogens is 1. The van der Waals surface area contributed by atoms with Crippen molar-refractivity contribution < 1.29 is 14.2 Å². The van der Waals surface area contributed by atoms with Gasteiger partial charge in [0.1, 0.15) is 6.61 Å². The van der Waals surface area contributed by atoms with E-state index in [1.54, 1.807) is 0 Å². The van der Waals surface area contributed by atoms with E-state index in [1.165, 1.54) is 12.8 Å². The Morgan fingerprint density at radius 1 is 1.16 bits per heavy atom. The number of likely N-dealkylation sites (N-methyl/N-ethyl adjacent to an activating group) is 1. The summed E-state index contributed by atoms with van der Waals surface area (Å²) in [4.78, 5) is 7.03. The predicted molar refractivity (Wildman–Crippen MR) is 95.5 cm³/mol. The molecule has 3 heterocycles. The third-order valence-corrected chi connectivity index (χ3v) is 4.90. The Bertz CT molecular complexity index is 716. The zero-order chi connectivity index (χ0) is 17.1. The first-order valence-electron chi connectivity index (χ1n) is 8.93. The number of hydrogen-bond acceptors (Lipinski definition) is 5. The van der Waals surface area contributed by atoms with E-state index < -0.39 is 0 Å². The van der Waals surface area contributed by atoms with Gasteiger partial charge in [0.15, 0.2) is 6.29 Å². The molecule has 2 aromatic rings. The fraction of sp³-hybridized carbons (Fsp3) is 0.450. The van der Waals surface area contributed by atoms with E-state index in [2.05, 4.69) is 29.1 Å². The largest absolute Gasteiger partial charge is 0.476 e. The fourth-order valence-corrected chi connectivity index (χ4v) is 3.42. The van der Waals surface area contributed by atoms with Gasteiger partial charge >= 0.3 is 0 Å². The van der Waals surface area contributed by atoms with Crippen molar-refractivity contribution in [2.75, 3.05) is 33.4 Å². The van der Waals surface area contributed by atoms with Gasteiger partial charge in [-0.25, -0.2) is 4.98 Å². The van der Waals surface area contributed by atoms with Crippen molar-refractivity contribution in [2.45, 2.75) is 25.2 Å². The lowest BCUT2D eigenvalue weighted by atomic mass is 10.1. The van der Waals surface area contributed by atoms with Gasteiger partial charge in [-0.15, -0.1) is 0 Å². The number of benzene rings is 1. The van der Waals surface area contributed by atoms with Gasteiger partial charge in [0, 0.05) is 23.2 Å². The first-order valence-corrected chi connectivity index (χ1v) is 8.93. The number of ether oxygens (including phenoxy) is 3. The monoisotopic (exact) mass is 340 g/mol. The zero-order valence-corrected chi connectivity index (χ0v) is 14.6. The Morgan fingerprint density at radius 3 is 2.80 bits per heavy atom. The first-order chi connectivity index (χ1) is 12.3. The second kappa shape index (κ2) is 7.52. The van der Waals surface area contributed by atoms with Crippen molar-refractivity contribution in [1.29, 1.82) is 0 Å². The fourth-order valence-electron chi connectivity index (χ4n) is 3.42. The summed E-state index contributed by atoms with van der Waals surface area (Å²) in [5, 5.41) is 0. The molecule has 1 atom stereocenters. The van der Waals surface area contributed by atoms with Gasteiger partial charge in [0.25, 0.3) is 0 Å². The van der Waals surface area contributed by atoms with Crippen molar-refractivity contribution in [2.24, 2.45) is 0 Å². The molecule has 2 aliphatic rings. The quantitative estimate of drug-likeness (QED) is 0.836. The van der Waals surface area contributed by atoms with Gasteiger partial charge < -0.3 is 19.1 Å². The minimum Gasteiger partial charge on any atom is -0.476 e. The number of likely N-dealkylation sites (tertiary alicyclic amines) is 1. The van der Waals surface area contributed by atoms with E-state index in [0.29, 0.717) is 31.7 Å². The molecule has 2 fully saturated rings. The van der Waals surface area contributed by atoms with Gasteiger partial charge in [-0.2, -0.15) is 0 Å².